The van der Waals surface area contributed by atoms with Gasteiger partial charge < -0.3 is 78.7 Å². The second kappa shape index (κ2) is 18.2. The minimum Gasteiger partial charge on any atom is -0.394 e. The maximum Gasteiger partial charge on any atom is 0.397 e. The van der Waals surface area contributed by atoms with Crippen molar-refractivity contribution in [2.45, 2.75) is 209 Å². The van der Waals surface area contributed by atoms with Crippen molar-refractivity contribution in [2.75, 3.05) is 13.2 Å². The molecule has 3 saturated carbocycles. The van der Waals surface area contributed by atoms with E-state index in [0.717, 1.165) is 44.1 Å². The topological polar surface area (TPSA) is 299 Å². The summed E-state index contributed by atoms with van der Waals surface area (Å²) in [5.74, 6) is 0.968. The third kappa shape index (κ3) is 8.37. The largest absolute Gasteiger partial charge is 0.397 e. The molecule has 9 rings (SSSR count). The molecule has 0 aromatic heterocycles. The van der Waals surface area contributed by atoms with Gasteiger partial charge in [-0.05, 0) is 87.4 Å². The highest BCUT2D eigenvalue weighted by Crippen LogP contribution is 2.71. The zero-order valence-corrected chi connectivity index (χ0v) is 39.2. The second-order valence-electron chi connectivity index (χ2n) is 21.6. The maximum absolute atomic E-state index is 12.0. The van der Waals surface area contributed by atoms with Crippen molar-refractivity contribution in [3.05, 3.63) is 11.6 Å². The molecule has 21 heteroatoms. The molecular formula is C45H72O20S. The van der Waals surface area contributed by atoms with Gasteiger partial charge in [-0.1, -0.05) is 39.3 Å². The molecule has 5 saturated heterocycles. The lowest BCUT2D eigenvalue weighted by Gasteiger charge is -2.61. The molecule has 8 fully saturated rings. The van der Waals surface area contributed by atoms with Gasteiger partial charge in [-0.2, -0.15) is 8.42 Å². The molecule has 27 unspecified atom stereocenters. The third-order valence-corrected chi connectivity index (χ3v) is 18.4. The van der Waals surface area contributed by atoms with Crippen LogP contribution in [-0.2, 0) is 52.5 Å². The summed E-state index contributed by atoms with van der Waals surface area (Å²) in [7, 11) is -5.15. The van der Waals surface area contributed by atoms with Gasteiger partial charge in [0.05, 0.1) is 43.7 Å². The molecule has 27 atom stereocenters. The Hall–Kier alpha value is -1.03. The molecule has 378 valence electrons. The SMILES string of the molecule is CC1CCC2(OC1)OC1CC3C4CC=C5CC(OC6OC(CO)C(O)C(O)C6O)CC(OC6OC(C)C(OS(=O)(=O)O)C(O)C6OC6OC(C)C(O)C(O)C6O)C5(C)C4CCC3(C)C1C2C. The van der Waals surface area contributed by atoms with Gasteiger partial charge >= 0.3 is 10.4 Å². The summed E-state index contributed by atoms with van der Waals surface area (Å²) in [5, 5.41) is 86.1. The quantitative estimate of drug-likeness (QED) is 0.109. The molecule has 20 nitrogen and oxygen atoms in total. The van der Waals surface area contributed by atoms with Crippen LogP contribution in [0.15, 0.2) is 11.6 Å². The van der Waals surface area contributed by atoms with Crippen molar-refractivity contribution in [1.82, 2.24) is 0 Å². The molecule has 4 aliphatic carbocycles. The van der Waals surface area contributed by atoms with E-state index in [4.69, 9.17) is 42.1 Å². The Bertz CT molecular complexity index is 1880. The van der Waals surface area contributed by atoms with Crippen molar-refractivity contribution < 1.29 is 95.9 Å². The van der Waals surface area contributed by atoms with E-state index in [0.29, 0.717) is 30.8 Å². The fourth-order valence-electron chi connectivity index (χ4n) is 14.3. The number of allylic oxidation sites excluding steroid dienone is 1. The first-order valence-electron chi connectivity index (χ1n) is 24.0. The van der Waals surface area contributed by atoms with Crippen LogP contribution in [0.5, 0.6) is 0 Å². The predicted octanol–water partition coefficient (Wildman–Crippen LogP) is 0.0396. The van der Waals surface area contributed by atoms with Crippen LogP contribution >= 0.6 is 0 Å². The van der Waals surface area contributed by atoms with Crippen molar-refractivity contribution in [1.29, 1.82) is 0 Å². The van der Waals surface area contributed by atoms with Gasteiger partial charge in [-0.25, -0.2) is 4.18 Å². The average molecular weight is 965 g/mol. The van der Waals surface area contributed by atoms with Crippen molar-refractivity contribution in [3.63, 3.8) is 0 Å². The van der Waals surface area contributed by atoms with Gasteiger partial charge in [0, 0.05) is 24.2 Å². The molecule has 5 aliphatic heterocycles. The Kier molecular flexibility index (Phi) is 13.8. The summed E-state index contributed by atoms with van der Waals surface area (Å²) in [4.78, 5) is 0. The number of aliphatic hydroxyl groups is 8. The molecular weight excluding hydrogens is 893 g/mol. The van der Waals surface area contributed by atoms with Crippen LogP contribution in [0.3, 0.4) is 0 Å². The van der Waals surface area contributed by atoms with E-state index in [1.807, 2.05) is 0 Å². The second-order valence-corrected chi connectivity index (χ2v) is 22.7. The maximum atomic E-state index is 12.0. The van der Waals surface area contributed by atoms with Gasteiger partial charge in [-0.15, -0.1) is 0 Å². The molecule has 0 bridgehead atoms. The summed E-state index contributed by atoms with van der Waals surface area (Å²) < 4.78 is 89.7. The van der Waals surface area contributed by atoms with Crippen molar-refractivity contribution in [3.8, 4) is 0 Å². The van der Waals surface area contributed by atoms with Crippen LogP contribution in [0.1, 0.15) is 92.9 Å². The molecule has 0 aromatic carbocycles. The van der Waals surface area contributed by atoms with Crippen LogP contribution < -0.4 is 0 Å². The molecule has 5 heterocycles. The van der Waals surface area contributed by atoms with E-state index in [2.05, 4.69) is 33.8 Å². The molecule has 0 aromatic rings. The lowest BCUT2D eigenvalue weighted by molar-refractivity contribution is -0.371. The van der Waals surface area contributed by atoms with Crippen LogP contribution in [0.25, 0.3) is 0 Å². The first kappa shape index (κ1) is 49.9. The fourth-order valence-corrected chi connectivity index (χ4v) is 14.9. The van der Waals surface area contributed by atoms with E-state index < -0.39 is 133 Å². The molecule has 0 radical (unpaired) electrons. The van der Waals surface area contributed by atoms with Gasteiger partial charge in [0.2, 0.25) is 0 Å². The summed E-state index contributed by atoms with van der Waals surface area (Å²) in [5.41, 5.74) is 0.231. The van der Waals surface area contributed by atoms with Gasteiger partial charge in [-0.3, -0.25) is 4.55 Å². The number of hydrogen-bond donors (Lipinski definition) is 9. The van der Waals surface area contributed by atoms with Gasteiger partial charge in [0.15, 0.2) is 24.7 Å². The van der Waals surface area contributed by atoms with Gasteiger partial charge in [0.25, 0.3) is 0 Å². The van der Waals surface area contributed by atoms with E-state index in [9.17, 15) is 53.8 Å². The Morgan fingerprint density at radius 2 is 1.42 bits per heavy atom. The van der Waals surface area contributed by atoms with E-state index in [1.165, 1.54) is 13.8 Å². The van der Waals surface area contributed by atoms with Crippen LogP contribution in [0, 0.1) is 46.3 Å². The summed E-state index contributed by atoms with van der Waals surface area (Å²) >= 11 is 0. The minimum atomic E-state index is -5.15. The van der Waals surface area contributed by atoms with Crippen LogP contribution in [0.2, 0.25) is 0 Å². The lowest BCUT2D eigenvalue weighted by atomic mass is 9.46. The number of aliphatic hydroxyl groups excluding tert-OH is 8. The standard InChI is InChI=1S/C45H72O20S/c1-18-9-12-45(57-17-18)19(2)30-27(64-45)15-26-24-8-7-22-13-23(60-41-36(52)34(50)32(48)28(16-46)61-41)14-29(44(22,6)25(24)10-11-43(26,30)5)62-42-39(37(53)38(21(4)59-42)65-66(54,55)56)63-40-35(51)33(49)31(47)20(3)58-40/h7,18-21,23-42,46-53H,8-17H2,1-6H3,(H,54,55,56). The Labute approximate surface area is 385 Å². The van der Waals surface area contributed by atoms with Crippen molar-refractivity contribution >= 4 is 10.4 Å². The average Bonchev–Trinajstić information content (AvgIpc) is 3.71. The van der Waals surface area contributed by atoms with E-state index in [1.54, 1.807) is 0 Å². The Morgan fingerprint density at radius 1 is 0.742 bits per heavy atom. The third-order valence-electron chi connectivity index (χ3n) is 18.0. The van der Waals surface area contributed by atoms with Gasteiger partial charge in [0.1, 0.15) is 61.0 Å². The molecule has 1 spiro atoms. The first-order chi connectivity index (χ1) is 31.0. The number of ether oxygens (including phenoxy) is 8. The molecule has 9 aliphatic rings. The zero-order valence-electron chi connectivity index (χ0n) is 38.4. The highest BCUT2D eigenvalue weighted by Gasteiger charge is 2.70. The smallest absolute Gasteiger partial charge is 0.394 e. The molecule has 66 heavy (non-hydrogen) atoms. The highest BCUT2D eigenvalue weighted by atomic mass is 32.3. The zero-order chi connectivity index (χ0) is 47.6. The highest BCUT2D eigenvalue weighted by molar-refractivity contribution is 7.80. The number of hydrogen-bond acceptors (Lipinski definition) is 19. The van der Waals surface area contributed by atoms with E-state index in [-0.39, 0.29) is 35.7 Å². The first-order valence-corrected chi connectivity index (χ1v) is 25.3. The fraction of sp³-hybridized carbons (Fsp3) is 0.956. The lowest BCUT2D eigenvalue weighted by Crippen LogP contribution is -2.65. The minimum absolute atomic E-state index is 0.0359. The molecule has 0 amide bonds. The Balaban J connectivity index is 1.04. The van der Waals surface area contributed by atoms with E-state index >= 15 is 0 Å². The predicted molar refractivity (Wildman–Crippen MR) is 225 cm³/mol. The summed E-state index contributed by atoms with van der Waals surface area (Å²) in [6.45, 7) is 12.0. The Morgan fingerprint density at radius 3 is 2.09 bits per heavy atom. The van der Waals surface area contributed by atoms with Crippen LogP contribution in [-0.4, -0.2) is 183 Å². The number of fused-ring (bicyclic) bond motifs is 7. The monoisotopic (exact) mass is 964 g/mol. The normalized spacial score (nSPS) is 56.3. The van der Waals surface area contributed by atoms with Crippen molar-refractivity contribution in [2.24, 2.45) is 46.3 Å². The number of rotatable bonds is 9. The summed E-state index contributed by atoms with van der Waals surface area (Å²) in [6, 6.07) is 0. The van der Waals surface area contributed by atoms with Crippen LogP contribution in [0.4, 0.5) is 0 Å². The molecule has 9 N–H and O–H groups in total. The summed E-state index contributed by atoms with van der Waals surface area (Å²) in [6.07, 6.45) is -16.9.